The van der Waals surface area contributed by atoms with E-state index in [0.717, 1.165) is 12.1 Å². The minimum absolute atomic E-state index is 0.178. The van der Waals surface area contributed by atoms with Crippen LogP contribution >= 0.6 is 0 Å². The number of hydrogen-bond acceptors (Lipinski definition) is 1. The van der Waals surface area contributed by atoms with Gasteiger partial charge in [-0.25, -0.2) is 4.39 Å². The Morgan fingerprint density at radius 2 is 1.92 bits per heavy atom. The normalized spacial score (nSPS) is 12.9. The second-order valence-corrected chi connectivity index (χ2v) is 2.83. The quantitative estimate of drug-likeness (QED) is 0.729. The van der Waals surface area contributed by atoms with Crippen molar-refractivity contribution in [2.75, 3.05) is 6.54 Å². The highest BCUT2D eigenvalue weighted by Crippen LogP contribution is 2.11. The van der Waals surface area contributed by atoms with Crippen LogP contribution in [0.3, 0.4) is 0 Å². The highest BCUT2D eigenvalue weighted by atomic mass is 19.1. The van der Waals surface area contributed by atoms with Crippen molar-refractivity contribution < 1.29 is 4.39 Å². The maximum absolute atomic E-state index is 12.5. The molecule has 0 aliphatic carbocycles. The van der Waals surface area contributed by atoms with Crippen LogP contribution < -0.4 is 5.32 Å². The molecule has 12 heavy (non-hydrogen) atoms. The summed E-state index contributed by atoms with van der Waals surface area (Å²) in [5.74, 6) is -0.178. The highest BCUT2D eigenvalue weighted by Gasteiger charge is 2.01. The Kier molecular flexibility index (Phi) is 3.23. The van der Waals surface area contributed by atoms with Gasteiger partial charge < -0.3 is 5.32 Å². The number of rotatable bonds is 3. The van der Waals surface area contributed by atoms with Crippen molar-refractivity contribution in [1.29, 1.82) is 0 Å². The Bertz CT molecular complexity index is 230. The van der Waals surface area contributed by atoms with Crippen LogP contribution in [0.25, 0.3) is 0 Å². The zero-order chi connectivity index (χ0) is 8.97. The van der Waals surface area contributed by atoms with Gasteiger partial charge in [-0.1, -0.05) is 19.1 Å². The number of halogens is 1. The van der Waals surface area contributed by atoms with Crippen LogP contribution in [0.5, 0.6) is 0 Å². The van der Waals surface area contributed by atoms with Gasteiger partial charge in [-0.15, -0.1) is 0 Å². The molecular formula is C10H14FN. The smallest absolute Gasteiger partial charge is 0.123 e. The maximum atomic E-state index is 12.5. The lowest BCUT2D eigenvalue weighted by atomic mass is 10.1. The van der Waals surface area contributed by atoms with Gasteiger partial charge in [-0.3, -0.25) is 0 Å². The van der Waals surface area contributed by atoms with Crippen molar-refractivity contribution in [2.24, 2.45) is 0 Å². The first kappa shape index (κ1) is 9.20. The molecule has 0 fully saturated rings. The lowest BCUT2D eigenvalue weighted by Crippen LogP contribution is -2.17. The fourth-order valence-corrected chi connectivity index (χ4v) is 1.18. The Hall–Kier alpha value is -0.890. The van der Waals surface area contributed by atoms with Gasteiger partial charge in [0.15, 0.2) is 0 Å². The summed E-state index contributed by atoms with van der Waals surface area (Å²) in [5, 5.41) is 3.26. The molecule has 1 atom stereocenters. The lowest BCUT2D eigenvalue weighted by Gasteiger charge is -2.11. The Morgan fingerprint density at radius 3 is 2.42 bits per heavy atom. The molecule has 0 heterocycles. The van der Waals surface area contributed by atoms with E-state index in [1.807, 2.05) is 12.1 Å². The summed E-state index contributed by atoms with van der Waals surface area (Å²) in [6.07, 6.45) is 0. The molecule has 1 nitrogen and oxygen atoms in total. The number of benzene rings is 1. The summed E-state index contributed by atoms with van der Waals surface area (Å²) in [4.78, 5) is 0. The highest BCUT2D eigenvalue weighted by molar-refractivity contribution is 5.19. The molecule has 0 aromatic heterocycles. The minimum atomic E-state index is -0.178. The molecular weight excluding hydrogens is 153 g/mol. The van der Waals surface area contributed by atoms with Gasteiger partial charge in [0, 0.05) is 6.04 Å². The third-order valence-electron chi connectivity index (χ3n) is 1.88. The van der Waals surface area contributed by atoms with Crippen LogP contribution in [-0.4, -0.2) is 6.54 Å². The van der Waals surface area contributed by atoms with E-state index in [0.29, 0.717) is 6.04 Å². The standard InChI is InChI=1S/C10H14FN/c1-3-12-8(2)9-4-6-10(11)7-5-9/h4-8,12H,3H2,1-2H3/t8-/m1/s1. The largest absolute Gasteiger partial charge is 0.310 e. The van der Waals surface area contributed by atoms with Gasteiger partial charge in [0.05, 0.1) is 0 Å². The number of nitrogens with one attached hydrogen (secondary N) is 1. The van der Waals surface area contributed by atoms with Crippen molar-refractivity contribution in [2.45, 2.75) is 19.9 Å². The van der Waals surface area contributed by atoms with Gasteiger partial charge in [0.25, 0.3) is 0 Å². The second-order valence-electron chi connectivity index (χ2n) is 2.83. The fourth-order valence-electron chi connectivity index (χ4n) is 1.18. The first-order valence-electron chi connectivity index (χ1n) is 4.23. The topological polar surface area (TPSA) is 12.0 Å². The molecule has 0 amide bonds. The van der Waals surface area contributed by atoms with Crippen LogP contribution in [0, 0.1) is 5.82 Å². The first-order chi connectivity index (χ1) is 5.74. The number of hydrogen-bond donors (Lipinski definition) is 1. The molecule has 0 bridgehead atoms. The first-order valence-corrected chi connectivity index (χ1v) is 4.23. The van der Waals surface area contributed by atoms with Crippen molar-refractivity contribution >= 4 is 0 Å². The molecule has 0 aliphatic rings. The van der Waals surface area contributed by atoms with Crippen molar-refractivity contribution in [3.05, 3.63) is 35.6 Å². The minimum Gasteiger partial charge on any atom is -0.310 e. The Labute approximate surface area is 72.6 Å². The lowest BCUT2D eigenvalue weighted by molar-refractivity contribution is 0.592. The zero-order valence-electron chi connectivity index (χ0n) is 7.47. The zero-order valence-corrected chi connectivity index (χ0v) is 7.47. The predicted octanol–water partition coefficient (Wildman–Crippen LogP) is 2.50. The Morgan fingerprint density at radius 1 is 1.33 bits per heavy atom. The third kappa shape index (κ3) is 2.31. The van der Waals surface area contributed by atoms with E-state index < -0.39 is 0 Å². The summed E-state index contributed by atoms with van der Waals surface area (Å²) in [6, 6.07) is 6.90. The summed E-state index contributed by atoms with van der Waals surface area (Å²) in [6.45, 7) is 5.05. The van der Waals surface area contributed by atoms with E-state index in [-0.39, 0.29) is 5.82 Å². The summed E-state index contributed by atoms with van der Waals surface area (Å²) in [7, 11) is 0. The average molecular weight is 167 g/mol. The van der Waals surface area contributed by atoms with Crippen molar-refractivity contribution in [3.63, 3.8) is 0 Å². The van der Waals surface area contributed by atoms with E-state index in [2.05, 4.69) is 19.2 Å². The molecule has 0 saturated carbocycles. The maximum Gasteiger partial charge on any atom is 0.123 e. The average Bonchev–Trinajstić information content (AvgIpc) is 2.06. The van der Waals surface area contributed by atoms with Crippen LogP contribution in [-0.2, 0) is 0 Å². The summed E-state index contributed by atoms with van der Waals surface area (Å²) < 4.78 is 12.5. The monoisotopic (exact) mass is 167 g/mol. The molecule has 2 heteroatoms. The van der Waals surface area contributed by atoms with Crippen LogP contribution in [0.15, 0.2) is 24.3 Å². The van der Waals surface area contributed by atoms with Crippen LogP contribution in [0.2, 0.25) is 0 Å². The van der Waals surface area contributed by atoms with Crippen molar-refractivity contribution in [3.8, 4) is 0 Å². The van der Waals surface area contributed by atoms with E-state index in [1.165, 1.54) is 12.1 Å². The Balaban J connectivity index is 2.68. The van der Waals surface area contributed by atoms with E-state index in [1.54, 1.807) is 0 Å². The summed E-state index contributed by atoms with van der Waals surface area (Å²) >= 11 is 0. The molecule has 0 spiro atoms. The van der Waals surface area contributed by atoms with E-state index >= 15 is 0 Å². The van der Waals surface area contributed by atoms with Crippen LogP contribution in [0.1, 0.15) is 25.5 Å². The molecule has 0 radical (unpaired) electrons. The van der Waals surface area contributed by atoms with Gasteiger partial charge in [-0.2, -0.15) is 0 Å². The van der Waals surface area contributed by atoms with E-state index in [4.69, 9.17) is 0 Å². The third-order valence-corrected chi connectivity index (χ3v) is 1.88. The molecule has 66 valence electrons. The van der Waals surface area contributed by atoms with Crippen LogP contribution in [0.4, 0.5) is 4.39 Å². The van der Waals surface area contributed by atoms with Gasteiger partial charge >= 0.3 is 0 Å². The molecule has 1 aromatic rings. The molecule has 0 aliphatic heterocycles. The predicted molar refractivity (Wildman–Crippen MR) is 48.5 cm³/mol. The SMILES string of the molecule is CCN[C@H](C)c1ccc(F)cc1. The molecule has 0 unspecified atom stereocenters. The molecule has 0 saturated heterocycles. The molecule has 1 aromatic carbocycles. The summed E-state index contributed by atoms with van der Waals surface area (Å²) in [5.41, 5.74) is 1.12. The van der Waals surface area contributed by atoms with Gasteiger partial charge in [0.1, 0.15) is 5.82 Å². The van der Waals surface area contributed by atoms with Gasteiger partial charge in [0.2, 0.25) is 0 Å². The fraction of sp³-hybridized carbons (Fsp3) is 0.400. The van der Waals surface area contributed by atoms with Crippen molar-refractivity contribution in [1.82, 2.24) is 5.32 Å². The molecule has 1 rings (SSSR count). The molecule has 1 N–H and O–H groups in total. The second kappa shape index (κ2) is 4.21. The van der Waals surface area contributed by atoms with Gasteiger partial charge in [-0.05, 0) is 31.2 Å². The van der Waals surface area contributed by atoms with E-state index in [9.17, 15) is 4.39 Å².